The highest BCUT2D eigenvalue weighted by molar-refractivity contribution is 6.36. The van der Waals surface area contributed by atoms with Gasteiger partial charge in [-0.3, -0.25) is 14.4 Å². The molecule has 0 radical (unpaired) electrons. The molecule has 29 heavy (non-hydrogen) atoms. The normalized spacial score (nSPS) is 10.8. The number of hydrogen-bond acceptors (Lipinski definition) is 5. The second kappa shape index (κ2) is 11.6. The Morgan fingerprint density at radius 1 is 1.07 bits per heavy atom. The maximum Gasteiger partial charge on any atom is 0.276 e. The second-order valence-electron chi connectivity index (χ2n) is 6.48. The van der Waals surface area contributed by atoms with Gasteiger partial charge in [0.1, 0.15) is 11.3 Å². The molecule has 154 valence electrons. The van der Waals surface area contributed by atoms with Gasteiger partial charge in [0.25, 0.3) is 11.5 Å². The molecule has 0 aliphatic carbocycles. The molecule has 0 saturated carbocycles. The van der Waals surface area contributed by atoms with Crippen molar-refractivity contribution in [2.75, 3.05) is 6.61 Å². The minimum atomic E-state index is -0.665. The van der Waals surface area contributed by atoms with E-state index in [4.69, 9.17) is 4.74 Å². The maximum absolute atomic E-state index is 12.4. The number of ketones is 1. The zero-order valence-corrected chi connectivity index (χ0v) is 16.9. The van der Waals surface area contributed by atoms with Crippen molar-refractivity contribution < 1.29 is 14.3 Å². The number of para-hydroxylation sites is 1. The van der Waals surface area contributed by atoms with Crippen LogP contribution in [-0.2, 0) is 6.54 Å². The Morgan fingerprint density at radius 2 is 1.83 bits per heavy atom. The molecule has 0 atom stereocenters. The van der Waals surface area contributed by atoms with Crippen molar-refractivity contribution in [1.29, 1.82) is 0 Å². The first kappa shape index (κ1) is 22.1. The van der Waals surface area contributed by atoms with Gasteiger partial charge in [-0.05, 0) is 37.6 Å². The lowest BCUT2D eigenvalue weighted by Crippen LogP contribution is -2.30. The summed E-state index contributed by atoms with van der Waals surface area (Å²) in [4.78, 5) is 36.7. The zero-order chi connectivity index (χ0) is 21.1. The third-order valence-electron chi connectivity index (χ3n) is 4.36. The molecule has 0 saturated heterocycles. The molecule has 1 heterocycles. The largest absolute Gasteiger partial charge is 0.493 e. The van der Waals surface area contributed by atoms with E-state index in [2.05, 4.69) is 17.5 Å². The molecule has 1 aromatic heterocycles. The molecule has 1 aromatic carbocycles. The Kier molecular flexibility index (Phi) is 8.82. The van der Waals surface area contributed by atoms with Gasteiger partial charge in [0, 0.05) is 12.7 Å². The molecule has 0 bridgehead atoms. The van der Waals surface area contributed by atoms with Crippen molar-refractivity contribution >= 4 is 17.9 Å². The number of hydrogen-bond donors (Lipinski definition) is 1. The molecular formula is C22H27N3O4. The number of ether oxygens (including phenoxy) is 1. The highest BCUT2D eigenvalue weighted by Gasteiger charge is 2.12. The summed E-state index contributed by atoms with van der Waals surface area (Å²) in [6, 6.07) is 9.95. The van der Waals surface area contributed by atoms with Crippen molar-refractivity contribution in [3.05, 3.63) is 64.1 Å². The molecular weight excluding hydrogens is 370 g/mol. The molecule has 2 aromatic rings. The van der Waals surface area contributed by atoms with Crippen molar-refractivity contribution in [3.63, 3.8) is 0 Å². The number of amides is 1. The summed E-state index contributed by atoms with van der Waals surface area (Å²) >= 11 is 0. The van der Waals surface area contributed by atoms with Gasteiger partial charge >= 0.3 is 0 Å². The van der Waals surface area contributed by atoms with Crippen molar-refractivity contribution in [3.8, 4) is 5.75 Å². The van der Waals surface area contributed by atoms with Gasteiger partial charge in [0.05, 0.1) is 18.4 Å². The standard InChI is InChI=1S/C22H27N3O4/c1-3-5-6-9-15-29-20-13-8-7-11-17(20)19(26)16-23-24-21(27)18-12-10-14-25(4-2)22(18)28/h7-8,10-14,16H,3-6,9,15H2,1-2H3,(H,24,27)/b23-16-. The third-order valence-corrected chi connectivity index (χ3v) is 4.36. The number of hydrazone groups is 1. The van der Waals surface area contributed by atoms with E-state index < -0.39 is 17.2 Å². The van der Waals surface area contributed by atoms with Gasteiger partial charge in [-0.2, -0.15) is 5.10 Å². The number of aromatic nitrogens is 1. The first-order valence-electron chi connectivity index (χ1n) is 9.87. The Bertz CT molecular complexity index is 918. The van der Waals surface area contributed by atoms with Crippen LogP contribution < -0.4 is 15.7 Å². The number of aryl methyl sites for hydroxylation is 1. The number of nitrogens with zero attached hydrogens (tertiary/aromatic N) is 2. The van der Waals surface area contributed by atoms with Crippen molar-refractivity contribution in [2.24, 2.45) is 5.10 Å². The average molecular weight is 397 g/mol. The summed E-state index contributed by atoms with van der Waals surface area (Å²) in [6.45, 7) is 4.94. The van der Waals surface area contributed by atoms with E-state index in [1.807, 2.05) is 6.92 Å². The van der Waals surface area contributed by atoms with Gasteiger partial charge in [-0.15, -0.1) is 0 Å². The monoisotopic (exact) mass is 397 g/mol. The molecule has 0 fully saturated rings. The van der Waals surface area contributed by atoms with Crippen LogP contribution in [0.25, 0.3) is 0 Å². The number of unbranched alkanes of at least 4 members (excludes halogenated alkanes) is 3. The Morgan fingerprint density at radius 3 is 2.59 bits per heavy atom. The summed E-state index contributed by atoms with van der Waals surface area (Å²) in [7, 11) is 0. The smallest absolute Gasteiger partial charge is 0.276 e. The fraction of sp³-hybridized carbons (Fsp3) is 0.364. The Hall–Kier alpha value is -3.22. The van der Waals surface area contributed by atoms with Gasteiger partial charge < -0.3 is 9.30 Å². The van der Waals surface area contributed by atoms with Crippen LogP contribution in [0, 0.1) is 0 Å². The SMILES string of the molecule is CCCCCCOc1ccccc1C(=O)/C=N\NC(=O)c1cccn(CC)c1=O. The van der Waals surface area contributed by atoms with Crippen LogP contribution in [0.15, 0.2) is 52.5 Å². The lowest BCUT2D eigenvalue weighted by atomic mass is 10.1. The molecule has 0 aliphatic rings. The fourth-order valence-electron chi connectivity index (χ4n) is 2.75. The quantitative estimate of drug-likeness (QED) is 0.272. The van der Waals surface area contributed by atoms with E-state index in [0.29, 0.717) is 24.5 Å². The van der Waals surface area contributed by atoms with Crippen LogP contribution in [0.5, 0.6) is 5.75 Å². The molecule has 7 heteroatoms. The van der Waals surface area contributed by atoms with Crippen LogP contribution in [0.4, 0.5) is 0 Å². The lowest BCUT2D eigenvalue weighted by molar-refractivity contribution is 0.0953. The van der Waals surface area contributed by atoms with Gasteiger partial charge in [0.2, 0.25) is 5.78 Å². The van der Waals surface area contributed by atoms with E-state index in [0.717, 1.165) is 31.9 Å². The topological polar surface area (TPSA) is 89.8 Å². The van der Waals surface area contributed by atoms with E-state index in [-0.39, 0.29) is 5.56 Å². The van der Waals surface area contributed by atoms with Crippen molar-refractivity contribution in [1.82, 2.24) is 9.99 Å². The van der Waals surface area contributed by atoms with E-state index in [1.165, 1.54) is 10.6 Å². The number of benzene rings is 1. The molecule has 0 spiro atoms. The Labute approximate surface area is 170 Å². The molecule has 1 amide bonds. The van der Waals surface area contributed by atoms with Crippen molar-refractivity contribution in [2.45, 2.75) is 46.1 Å². The van der Waals surface area contributed by atoms with E-state index in [1.54, 1.807) is 36.5 Å². The van der Waals surface area contributed by atoms with E-state index >= 15 is 0 Å². The minimum Gasteiger partial charge on any atom is -0.493 e. The number of carbonyl (C=O) groups is 2. The van der Waals surface area contributed by atoms with Gasteiger partial charge in [-0.1, -0.05) is 38.3 Å². The predicted molar refractivity (Wildman–Crippen MR) is 113 cm³/mol. The van der Waals surface area contributed by atoms with Crippen LogP contribution in [0.2, 0.25) is 0 Å². The summed E-state index contributed by atoms with van der Waals surface area (Å²) < 4.78 is 7.14. The molecule has 1 N–H and O–H groups in total. The number of Topliss-reactive ketones (excluding diaryl/α,β-unsaturated/α-hetero) is 1. The van der Waals surface area contributed by atoms with Gasteiger partial charge in [0.15, 0.2) is 0 Å². The molecule has 0 aliphatic heterocycles. The first-order chi connectivity index (χ1) is 14.1. The summed E-state index contributed by atoms with van der Waals surface area (Å²) in [5.41, 5.74) is 2.16. The average Bonchev–Trinajstić information content (AvgIpc) is 2.74. The third kappa shape index (κ3) is 6.41. The summed E-state index contributed by atoms with van der Waals surface area (Å²) in [5, 5.41) is 3.70. The first-order valence-corrected chi connectivity index (χ1v) is 9.87. The highest BCUT2D eigenvalue weighted by atomic mass is 16.5. The number of carbonyl (C=O) groups excluding carboxylic acids is 2. The lowest BCUT2D eigenvalue weighted by Gasteiger charge is -2.09. The number of rotatable bonds is 11. The summed E-state index contributed by atoms with van der Waals surface area (Å²) in [6.07, 6.45) is 6.92. The number of pyridine rings is 1. The zero-order valence-electron chi connectivity index (χ0n) is 16.9. The van der Waals surface area contributed by atoms with Gasteiger partial charge in [-0.25, -0.2) is 5.43 Å². The maximum atomic E-state index is 12.4. The number of nitrogens with one attached hydrogen (secondary N) is 1. The minimum absolute atomic E-state index is 0.0326. The summed E-state index contributed by atoms with van der Waals surface area (Å²) in [5.74, 6) is -0.573. The predicted octanol–water partition coefficient (Wildman–Crippen LogP) is 3.43. The molecule has 2 rings (SSSR count). The molecule has 0 unspecified atom stereocenters. The second-order valence-corrected chi connectivity index (χ2v) is 6.48. The van der Waals surface area contributed by atoms with Crippen LogP contribution in [0.3, 0.4) is 0 Å². The fourth-order valence-corrected chi connectivity index (χ4v) is 2.75. The van der Waals surface area contributed by atoms with Crippen LogP contribution >= 0.6 is 0 Å². The molecule has 7 nitrogen and oxygen atoms in total. The van der Waals surface area contributed by atoms with E-state index in [9.17, 15) is 14.4 Å². The van der Waals surface area contributed by atoms with Crippen LogP contribution in [-0.4, -0.2) is 29.1 Å². The van der Waals surface area contributed by atoms with Crippen LogP contribution in [0.1, 0.15) is 60.2 Å². The highest BCUT2D eigenvalue weighted by Crippen LogP contribution is 2.18. The Balaban J connectivity index is 1.99.